The molecular formula is C29H29F4N7O2S. The first-order valence-corrected chi connectivity index (χ1v) is 14.4. The summed E-state index contributed by atoms with van der Waals surface area (Å²) >= 11 is 1.30. The van der Waals surface area contributed by atoms with E-state index in [0.717, 1.165) is 6.20 Å². The maximum atomic E-state index is 15.9. The number of pyridine rings is 1. The van der Waals surface area contributed by atoms with Crippen molar-refractivity contribution < 1.29 is 22.4 Å². The highest BCUT2D eigenvalue weighted by Gasteiger charge is 2.36. The van der Waals surface area contributed by atoms with Crippen molar-refractivity contribution in [3.63, 3.8) is 0 Å². The summed E-state index contributed by atoms with van der Waals surface area (Å²) in [7, 11) is 1.98. The van der Waals surface area contributed by atoms with E-state index in [4.69, 9.17) is 5.26 Å². The first-order chi connectivity index (χ1) is 20.3. The van der Waals surface area contributed by atoms with Gasteiger partial charge in [-0.2, -0.15) is 18.4 Å². The molecule has 43 heavy (non-hydrogen) atoms. The average Bonchev–Trinajstić information content (AvgIpc) is 3.45. The number of alkyl halides is 3. The van der Waals surface area contributed by atoms with Crippen molar-refractivity contribution in [1.82, 2.24) is 14.9 Å². The lowest BCUT2D eigenvalue weighted by atomic mass is 9.98. The fourth-order valence-corrected chi connectivity index (χ4v) is 6.20. The van der Waals surface area contributed by atoms with Crippen LogP contribution in [0, 0.1) is 17.1 Å². The number of thiazole rings is 1. The number of H-pyrrole nitrogens is 1. The van der Waals surface area contributed by atoms with Crippen LogP contribution in [0.25, 0.3) is 5.57 Å². The summed E-state index contributed by atoms with van der Waals surface area (Å²) in [6.07, 6.45) is -1.77. The van der Waals surface area contributed by atoms with E-state index in [1.807, 2.05) is 42.8 Å². The van der Waals surface area contributed by atoms with Crippen LogP contribution in [0.3, 0.4) is 0 Å². The number of nitriles is 1. The van der Waals surface area contributed by atoms with Gasteiger partial charge in [0.1, 0.15) is 11.9 Å². The molecule has 1 amide bonds. The zero-order valence-electron chi connectivity index (χ0n) is 23.6. The third kappa shape index (κ3) is 6.28. The van der Waals surface area contributed by atoms with Crippen LogP contribution in [0.2, 0.25) is 0 Å². The first kappa shape index (κ1) is 30.2. The number of nitrogens with zero attached hydrogens (tertiary/aromatic N) is 5. The highest BCUT2D eigenvalue weighted by Crippen LogP contribution is 2.37. The molecule has 3 aromatic rings. The molecule has 0 radical (unpaired) electrons. The predicted octanol–water partition coefficient (Wildman–Crippen LogP) is 4.94. The summed E-state index contributed by atoms with van der Waals surface area (Å²) in [6, 6.07) is 5.26. The van der Waals surface area contributed by atoms with Crippen LogP contribution in [0.4, 0.5) is 34.1 Å². The molecule has 2 aliphatic heterocycles. The van der Waals surface area contributed by atoms with Gasteiger partial charge in [0.15, 0.2) is 10.8 Å². The number of rotatable bonds is 5. The van der Waals surface area contributed by atoms with Crippen molar-refractivity contribution in [3.8, 4) is 6.07 Å². The van der Waals surface area contributed by atoms with Crippen LogP contribution in [0.15, 0.2) is 40.6 Å². The zero-order valence-corrected chi connectivity index (χ0v) is 24.4. The van der Waals surface area contributed by atoms with E-state index in [0.29, 0.717) is 48.5 Å². The van der Waals surface area contributed by atoms with Gasteiger partial charge in [0.05, 0.1) is 22.5 Å². The maximum absolute atomic E-state index is 15.9. The molecule has 2 aliphatic rings. The summed E-state index contributed by atoms with van der Waals surface area (Å²) in [4.78, 5) is 37.4. The minimum absolute atomic E-state index is 0.0808. The Morgan fingerprint density at radius 3 is 2.56 bits per heavy atom. The quantitative estimate of drug-likeness (QED) is 0.392. The number of carbonyl (C=O) groups is 1. The Labute approximate surface area is 249 Å². The Bertz CT molecular complexity index is 1660. The standard InChI is InChI=1S/C29H29F4N7O2S/c1-16-12-40(13-17(2)38(16)3)25-9-23(30)20(18-5-4-6-39(14-18)28-36-19(10-34)15-43-28)7-24(25)37-27(42)21-11-35-26(41)8-22(21)29(31,32)33/h5,7-9,11,15-17H,4,6,12-14H2,1-3H3,(H,35,41)(H,37,42). The van der Waals surface area contributed by atoms with Gasteiger partial charge < -0.3 is 20.1 Å². The summed E-state index contributed by atoms with van der Waals surface area (Å²) in [5.41, 5.74) is -1.56. The van der Waals surface area contributed by atoms with Crippen molar-refractivity contribution in [1.29, 1.82) is 5.26 Å². The smallest absolute Gasteiger partial charge is 0.367 e. The number of likely N-dealkylation sites (N-methyl/N-ethyl adjacent to an activating group) is 1. The lowest BCUT2D eigenvalue weighted by Gasteiger charge is -2.44. The molecule has 1 aromatic carbocycles. The van der Waals surface area contributed by atoms with Crippen molar-refractivity contribution in [2.24, 2.45) is 0 Å². The van der Waals surface area contributed by atoms with Crippen LogP contribution in [-0.2, 0) is 6.18 Å². The molecule has 1 fully saturated rings. The van der Waals surface area contributed by atoms with Gasteiger partial charge >= 0.3 is 6.18 Å². The Morgan fingerprint density at radius 1 is 1.19 bits per heavy atom. The van der Waals surface area contributed by atoms with E-state index < -0.39 is 34.6 Å². The highest BCUT2D eigenvalue weighted by atomic mass is 32.1. The predicted molar refractivity (Wildman–Crippen MR) is 157 cm³/mol. The SMILES string of the molecule is CC1CN(c2cc(F)c(C3=CCCN(c4nc(C#N)cs4)C3)cc2NC(=O)c2c[nH]c(=O)cc2C(F)(F)F)CC(C)N1C. The third-order valence-electron chi connectivity index (χ3n) is 7.88. The van der Waals surface area contributed by atoms with Crippen molar-refractivity contribution >= 4 is 39.3 Å². The van der Waals surface area contributed by atoms with Gasteiger partial charge in [-0.05, 0) is 45.0 Å². The third-order valence-corrected chi connectivity index (χ3v) is 8.78. The Kier molecular flexibility index (Phi) is 8.31. The highest BCUT2D eigenvalue weighted by molar-refractivity contribution is 7.13. The van der Waals surface area contributed by atoms with Gasteiger partial charge in [0, 0.05) is 61.5 Å². The van der Waals surface area contributed by atoms with Gasteiger partial charge in [-0.15, -0.1) is 11.3 Å². The number of anilines is 3. The van der Waals surface area contributed by atoms with Crippen LogP contribution in [-0.4, -0.2) is 66.1 Å². The number of aromatic nitrogens is 2. The number of hydrogen-bond donors (Lipinski definition) is 2. The molecule has 5 rings (SSSR count). The Balaban J connectivity index is 1.55. The summed E-state index contributed by atoms with van der Waals surface area (Å²) in [5.74, 6) is -1.64. The van der Waals surface area contributed by atoms with Gasteiger partial charge in [0.2, 0.25) is 5.56 Å². The second-order valence-corrected chi connectivity index (χ2v) is 11.6. The van der Waals surface area contributed by atoms with Crippen LogP contribution < -0.4 is 20.7 Å². The fourth-order valence-electron chi connectivity index (χ4n) is 5.42. The summed E-state index contributed by atoms with van der Waals surface area (Å²) < 4.78 is 57.2. The summed E-state index contributed by atoms with van der Waals surface area (Å²) in [6.45, 7) is 5.91. The molecule has 226 valence electrons. The minimum atomic E-state index is -4.95. The zero-order chi connectivity index (χ0) is 31.1. The molecule has 2 N–H and O–H groups in total. The second kappa shape index (κ2) is 11.8. The number of hydrogen-bond acceptors (Lipinski definition) is 8. The summed E-state index contributed by atoms with van der Waals surface area (Å²) in [5, 5.41) is 14.0. The molecule has 0 saturated carbocycles. The first-order valence-electron chi connectivity index (χ1n) is 13.6. The Morgan fingerprint density at radius 2 is 1.91 bits per heavy atom. The lowest BCUT2D eigenvalue weighted by molar-refractivity contribution is -0.138. The van der Waals surface area contributed by atoms with E-state index in [2.05, 4.69) is 20.2 Å². The van der Waals surface area contributed by atoms with Crippen molar-refractivity contribution in [2.75, 3.05) is 48.3 Å². The fraction of sp³-hybridized carbons (Fsp3) is 0.379. The number of halogens is 4. The van der Waals surface area contributed by atoms with Gasteiger partial charge in [0.25, 0.3) is 5.91 Å². The number of carbonyl (C=O) groups excluding carboxylic acids is 1. The monoisotopic (exact) mass is 615 g/mol. The normalized spacial score (nSPS) is 19.6. The van der Waals surface area contributed by atoms with Gasteiger partial charge in [-0.25, -0.2) is 9.37 Å². The maximum Gasteiger partial charge on any atom is 0.417 e. The van der Waals surface area contributed by atoms with Gasteiger partial charge in [-0.1, -0.05) is 6.08 Å². The minimum Gasteiger partial charge on any atom is -0.367 e. The van der Waals surface area contributed by atoms with E-state index in [9.17, 15) is 22.8 Å². The molecule has 14 heteroatoms. The molecule has 9 nitrogen and oxygen atoms in total. The molecular weight excluding hydrogens is 586 g/mol. The second-order valence-electron chi connectivity index (χ2n) is 10.8. The van der Waals surface area contributed by atoms with E-state index in [1.165, 1.54) is 23.5 Å². The molecule has 1 saturated heterocycles. The van der Waals surface area contributed by atoms with Crippen LogP contribution in [0.1, 0.15) is 47.4 Å². The average molecular weight is 616 g/mol. The van der Waals surface area contributed by atoms with Crippen LogP contribution in [0.5, 0.6) is 0 Å². The number of piperazine rings is 1. The van der Waals surface area contributed by atoms with Crippen LogP contribution >= 0.6 is 11.3 Å². The molecule has 2 unspecified atom stereocenters. The largest absolute Gasteiger partial charge is 0.417 e. The lowest BCUT2D eigenvalue weighted by Crippen LogP contribution is -2.55. The van der Waals surface area contributed by atoms with Gasteiger partial charge in [-0.3, -0.25) is 14.5 Å². The number of nitrogens with one attached hydrogen (secondary N) is 2. The number of benzene rings is 1. The Hall–Kier alpha value is -4.22. The molecule has 2 aromatic heterocycles. The topological polar surface area (TPSA) is 108 Å². The van der Waals surface area contributed by atoms with E-state index in [-0.39, 0.29) is 35.6 Å². The molecule has 0 bridgehead atoms. The van der Waals surface area contributed by atoms with Crippen molar-refractivity contribution in [2.45, 2.75) is 38.5 Å². The molecule has 4 heterocycles. The number of amides is 1. The molecule has 2 atom stereocenters. The molecule has 0 aliphatic carbocycles. The van der Waals surface area contributed by atoms with Crippen molar-refractivity contribution in [3.05, 3.63) is 74.4 Å². The van der Waals surface area contributed by atoms with E-state index >= 15 is 4.39 Å². The number of aromatic amines is 1. The van der Waals surface area contributed by atoms with E-state index in [1.54, 1.807) is 5.38 Å². The molecule has 0 spiro atoms.